The van der Waals surface area contributed by atoms with E-state index in [-0.39, 0.29) is 10.3 Å². The quantitative estimate of drug-likeness (QED) is 0.338. The van der Waals surface area contributed by atoms with E-state index in [0.29, 0.717) is 11.0 Å². The first kappa shape index (κ1) is 18.3. The Morgan fingerprint density at radius 3 is 2.17 bits per heavy atom. The first-order valence-corrected chi connectivity index (χ1v) is 9.99. The van der Waals surface area contributed by atoms with Gasteiger partial charge in [0.05, 0.1) is 11.1 Å². The van der Waals surface area contributed by atoms with Crippen LogP contribution in [0.1, 0.15) is 5.69 Å². The zero-order chi connectivity index (χ0) is 20.7. The maximum atomic E-state index is 12.8. The number of nitrogens with one attached hydrogen (secondary N) is 3. The van der Waals surface area contributed by atoms with Crippen molar-refractivity contribution in [2.45, 2.75) is 6.92 Å². The molecular weight excluding hydrogens is 392 g/mol. The molecule has 0 spiro atoms. The lowest BCUT2D eigenvalue weighted by atomic mass is 9.92. The predicted molar refractivity (Wildman–Crippen MR) is 123 cm³/mol. The van der Waals surface area contributed by atoms with E-state index in [1.54, 1.807) is 6.20 Å². The second-order valence-corrected chi connectivity index (χ2v) is 7.51. The Morgan fingerprint density at radius 1 is 0.800 bits per heavy atom. The van der Waals surface area contributed by atoms with Crippen LogP contribution in [0.25, 0.3) is 44.5 Å². The minimum atomic E-state index is -0.252. The molecule has 146 valence electrons. The lowest BCUT2D eigenvalue weighted by molar-refractivity contribution is 1.11. The Bertz CT molecular complexity index is 1480. The SMILES string of the molecule is Cc1[nH]c(-c2ccccc2)c(-c2ccccc2)c1-c1ccnc2[nH]c(=S)[nH]c(=O)c12. The Labute approximate surface area is 177 Å². The van der Waals surface area contributed by atoms with Crippen molar-refractivity contribution < 1.29 is 0 Å². The molecule has 0 amide bonds. The number of fused-ring (bicyclic) bond motifs is 1. The number of nitrogens with zero attached hydrogens (tertiary/aromatic N) is 1. The third-order valence-electron chi connectivity index (χ3n) is 5.22. The van der Waals surface area contributed by atoms with E-state index in [2.05, 4.69) is 44.2 Å². The van der Waals surface area contributed by atoms with Gasteiger partial charge in [-0.2, -0.15) is 0 Å². The van der Waals surface area contributed by atoms with Crippen molar-refractivity contribution in [2.75, 3.05) is 0 Å². The zero-order valence-corrected chi connectivity index (χ0v) is 17.0. The van der Waals surface area contributed by atoms with Crippen molar-refractivity contribution in [3.05, 3.63) is 93.7 Å². The number of aryl methyl sites for hydroxylation is 1. The molecule has 3 N–H and O–H groups in total. The van der Waals surface area contributed by atoms with Crippen LogP contribution in [0.5, 0.6) is 0 Å². The minimum absolute atomic E-state index is 0.252. The van der Waals surface area contributed by atoms with Gasteiger partial charge >= 0.3 is 0 Å². The van der Waals surface area contributed by atoms with Crippen LogP contribution in [0.3, 0.4) is 0 Å². The number of aromatic amines is 3. The molecule has 0 saturated carbocycles. The van der Waals surface area contributed by atoms with Crippen LogP contribution >= 0.6 is 12.2 Å². The van der Waals surface area contributed by atoms with Gasteiger partial charge in [-0.1, -0.05) is 60.7 Å². The summed E-state index contributed by atoms with van der Waals surface area (Å²) in [7, 11) is 0. The highest BCUT2D eigenvalue weighted by atomic mass is 32.1. The summed E-state index contributed by atoms with van der Waals surface area (Å²) >= 11 is 5.13. The van der Waals surface area contributed by atoms with Crippen LogP contribution in [0.4, 0.5) is 0 Å². The molecule has 5 nitrogen and oxygen atoms in total. The largest absolute Gasteiger partial charge is 0.358 e. The van der Waals surface area contributed by atoms with Gasteiger partial charge in [0.2, 0.25) is 0 Å². The van der Waals surface area contributed by atoms with Gasteiger partial charge in [-0.25, -0.2) is 4.98 Å². The van der Waals surface area contributed by atoms with Crippen molar-refractivity contribution in [3.8, 4) is 33.5 Å². The van der Waals surface area contributed by atoms with Crippen LogP contribution in [-0.2, 0) is 0 Å². The van der Waals surface area contributed by atoms with Crippen LogP contribution in [0, 0.1) is 11.7 Å². The van der Waals surface area contributed by atoms with Crippen molar-refractivity contribution in [1.82, 2.24) is 19.9 Å². The van der Waals surface area contributed by atoms with Gasteiger partial charge in [-0.15, -0.1) is 0 Å². The summed E-state index contributed by atoms with van der Waals surface area (Å²) in [5.74, 6) is 0. The highest BCUT2D eigenvalue weighted by molar-refractivity contribution is 7.71. The molecule has 0 aliphatic rings. The topological polar surface area (TPSA) is 77.3 Å². The Balaban J connectivity index is 1.91. The molecule has 2 aromatic carbocycles. The summed E-state index contributed by atoms with van der Waals surface area (Å²) in [6.45, 7) is 2.03. The minimum Gasteiger partial charge on any atom is -0.358 e. The van der Waals surface area contributed by atoms with Gasteiger partial charge in [0, 0.05) is 28.6 Å². The molecule has 5 aromatic rings. The molecule has 0 unspecified atom stereocenters. The molecule has 0 aliphatic carbocycles. The lowest BCUT2D eigenvalue weighted by Gasteiger charge is -2.11. The fourth-order valence-electron chi connectivity index (χ4n) is 3.98. The summed E-state index contributed by atoms with van der Waals surface area (Å²) in [6.07, 6.45) is 1.70. The lowest BCUT2D eigenvalue weighted by Crippen LogP contribution is -2.10. The number of pyridine rings is 1. The molecule has 6 heteroatoms. The molecule has 5 rings (SSSR count). The molecule has 0 saturated heterocycles. The summed E-state index contributed by atoms with van der Waals surface area (Å²) in [5, 5.41) is 0.491. The third kappa shape index (κ3) is 2.98. The average Bonchev–Trinajstić information content (AvgIpc) is 3.11. The van der Waals surface area contributed by atoms with E-state index >= 15 is 0 Å². The number of rotatable bonds is 3. The molecule has 3 heterocycles. The van der Waals surface area contributed by atoms with E-state index in [1.165, 1.54) is 0 Å². The Kier molecular flexibility index (Phi) is 4.41. The van der Waals surface area contributed by atoms with Gasteiger partial charge in [0.25, 0.3) is 5.56 Å². The average molecular weight is 411 g/mol. The monoisotopic (exact) mass is 410 g/mol. The van der Waals surface area contributed by atoms with Gasteiger partial charge in [0.1, 0.15) is 5.65 Å². The summed E-state index contributed by atoms with van der Waals surface area (Å²) in [4.78, 5) is 26.4. The first-order chi connectivity index (χ1) is 14.6. The maximum absolute atomic E-state index is 12.8. The van der Waals surface area contributed by atoms with E-state index in [1.807, 2.05) is 49.4 Å². The smallest absolute Gasteiger partial charge is 0.261 e. The van der Waals surface area contributed by atoms with Crippen LogP contribution in [-0.4, -0.2) is 19.9 Å². The van der Waals surface area contributed by atoms with Crippen molar-refractivity contribution in [3.63, 3.8) is 0 Å². The van der Waals surface area contributed by atoms with E-state index in [4.69, 9.17) is 12.2 Å². The molecule has 0 radical (unpaired) electrons. The second kappa shape index (κ2) is 7.24. The molecule has 0 aliphatic heterocycles. The fraction of sp³-hybridized carbons (Fsp3) is 0.0417. The Hall–Kier alpha value is -3.77. The van der Waals surface area contributed by atoms with E-state index in [9.17, 15) is 4.79 Å². The van der Waals surface area contributed by atoms with Crippen molar-refractivity contribution >= 4 is 23.3 Å². The van der Waals surface area contributed by atoms with Crippen molar-refractivity contribution in [1.29, 1.82) is 0 Å². The maximum Gasteiger partial charge on any atom is 0.261 e. The third-order valence-corrected chi connectivity index (χ3v) is 5.42. The summed E-state index contributed by atoms with van der Waals surface area (Å²) in [6, 6.07) is 22.3. The molecule has 0 fully saturated rings. The summed E-state index contributed by atoms with van der Waals surface area (Å²) in [5.41, 5.74) is 7.19. The van der Waals surface area contributed by atoms with Gasteiger partial charge < -0.3 is 9.97 Å². The normalized spacial score (nSPS) is 11.1. The van der Waals surface area contributed by atoms with Crippen LogP contribution < -0.4 is 5.56 Å². The molecule has 0 atom stereocenters. The zero-order valence-electron chi connectivity index (χ0n) is 16.2. The second-order valence-electron chi connectivity index (χ2n) is 7.10. The standard InChI is InChI=1S/C24H18N4OS/c1-14-18(17-12-13-25-22-20(17)23(29)28-24(30)27-22)19(15-8-4-2-5-9-15)21(26-14)16-10-6-3-7-11-16/h2-13,26H,1H3,(H2,25,27,28,29,30). The fourth-order valence-corrected chi connectivity index (χ4v) is 4.17. The van der Waals surface area contributed by atoms with Crippen molar-refractivity contribution in [2.24, 2.45) is 0 Å². The highest BCUT2D eigenvalue weighted by Gasteiger charge is 2.22. The number of benzene rings is 2. The first-order valence-electron chi connectivity index (χ1n) is 9.58. The highest BCUT2D eigenvalue weighted by Crippen LogP contribution is 2.43. The van der Waals surface area contributed by atoms with Gasteiger partial charge in [-0.3, -0.25) is 9.78 Å². The Morgan fingerprint density at radius 2 is 1.47 bits per heavy atom. The van der Waals surface area contributed by atoms with E-state index < -0.39 is 0 Å². The molecular formula is C24H18N4OS. The van der Waals surface area contributed by atoms with E-state index in [0.717, 1.165) is 39.2 Å². The molecule has 3 aromatic heterocycles. The predicted octanol–water partition coefficient (Wildman–Crippen LogP) is 5.62. The summed E-state index contributed by atoms with van der Waals surface area (Å²) < 4.78 is 0.260. The molecule has 0 bridgehead atoms. The number of H-pyrrole nitrogens is 3. The van der Waals surface area contributed by atoms with Crippen LogP contribution in [0.2, 0.25) is 0 Å². The van der Waals surface area contributed by atoms with Gasteiger partial charge in [-0.05, 0) is 36.3 Å². The van der Waals surface area contributed by atoms with Gasteiger partial charge in [0.15, 0.2) is 4.77 Å². The molecule has 30 heavy (non-hydrogen) atoms. The number of hydrogen-bond donors (Lipinski definition) is 3. The number of aromatic nitrogens is 4. The number of hydrogen-bond acceptors (Lipinski definition) is 3. The van der Waals surface area contributed by atoms with Crippen LogP contribution in [0.15, 0.2) is 77.7 Å².